The fourth-order valence-electron chi connectivity index (χ4n) is 1.55. The lowest BCUT2D eigenvalue weighted by atomic mass is 10.1. The van der Waals surface area contributed by atoms with E-state index in [-0.39, 0.29) is 4.90 Å². The fourth-order valence-corrected chi connectivity index (χ4v) is 1.71. The summed E-state index contributed by atoms with van der Waals surface area (Å²) in [5.41, 5.74) is -2.40. The first kappa shape index (κ1) is 17.5. The average molecular weight is 335 g/mol. The predicted molar refractivity (Wildman–Crippen MR) is 61.9 cm³/mol. The minimum atomic E-state index is -4.94. The highest BCUT2D eigenvalue weighted by Gasteiger charge is 2.39. The fraction of sp³-hybridized carbons (Fsp3) is 0.455. The Morgan fingerprint density at radius 3 is 2.29 bits per heavy atom. The third kappa shape index (κ3) is 4.76. The molecule has 0 unspecified atom stereocenters. The van der Waals surface area contributed by atoms with Gasteiger partial charge in [-0.3, -0.25) is 4.79 Å². The molecule has 1 aromatic rings. The van der Waals surface area contributed by atoms with Crippen LogP contribution in [0, 0.1) is 0 Å². The topological polar surface area (TPSA) is 33.2 Å². The van der Waals surface area contributed by atoms with E-state index >= 15 is 0 Å². The average Bonchev–Trinajstić information content (AvgIpc) is 2.33. The Labute approximate surface area is 120 Å². The zero-order valence-corrected chi connectivity index (χ0v) is 11.3. The molecular formula is C11H9ClF6N2O. The highest BCUT2D eigenvalue weighted by Crippen LogP contribution is 2.33. The maximum absolute atomic E-state index is 12.8. The molecule has 118 valence electrons. The van der Waals surface area contributed by atoms with Gasteiger partial charge in [0.25, 0.3) is 5.91 Å². The van der Waals surface area contributed by atoms with Crippen molar-refractivity contribution in [3.8, 4) is 0 Å². The second-order valence-corrected chi connectivity index (χ2v) is 4.37. The summed E-state index contributed by atoms with van der Waals surface area (Å²) in [6, 6.07) is 0.399. The van der Waals surface area contributed by atoms with Crippen LogP contribution in [0.3, 0.4) is 0 Å². The van der Waals surface area contributed by atoms with Crippen molar-refractivity contribution in [3.05, 3.63) is 28.5 Å². The van der Waals surface area contributed by atoms with Crippen LogP contribution in [-0.2, 0) is 6.18 Å². The molecule has 0 atom stereocenters. The van der Waals surface area contributed by atoms with Crippen molar-refractivity contribution in [2.45, 2.75) is 19.3 Å². The van der Waals surface area contributed by atoms with Crippen LogP contribution in [0.4, 0.5) is 26.3 Å². The Bertz CT molecular complexity index is 528. The van der Waals surface area contributed by atoms with E-state index in [2.05, 4.69) is 4.98 Å². The zero-order valence-electron chi connectivity index (χ0n) is 10.5. The highest BCUT2D eigenvalue weighted by atomic mass is 35.5. The standard InChI is InChI=1S/C11H9ClF6N2O/c1-2-20(5-10(13,14)15)9(21)6-4-19-8(12)3-7(6)11(16,17)18/h3-4H,2,5H2,1H3. The zero-order chi connectivity index (χ0) is 16.4. The van der Waals surface area contributed by atoms with Gasteiger partial charge in [0.15, 0.2) is 0 Å². The smallest absolute Gasteiger partial charge is 0.330 e. The Morgan fingerprint density at radius 1 is 1.29 bits per heavy atom. The molecule has 10 heteroatoms. The van der Waals surface area contributed by atoms with E-state index in [1.54, 1.807) is 0 Å². The van der Waals surface area contributed by atoms with Crippen molar-refractivity contribution >= 4 is 17.5 Å². The van der Waals surface area contributed by atoms with E-state index < -0.39 is 47.6 Å². The lowest BCUT2D eigenvalue weighted by molar-refractivity contribution is -0.141. The number of carbonyl (C=O) groups is 1. The normalized spacial score (nSPS) is 12.4. The molecule has 0 fully saturated rings. The third-order valence-corrected chi connectivity index (χ3v) is 2.65. The van der Waals surface area contributed by atoms with Crippen LogP contribution in [0.1, 0.15) is 22.8 Å². The molecule has 0 saturated carbocycles. The highest BCUT2D eigenvalue weighted by molar-refractivity contribution is 6.29. The molecule has 0 radical (unpaired) electrons. The van der Waals surface area contributed by atoms with Crippen molar-refractivity contribution in [1.29, 1.82) is 0 Å². The van der Waals surface area contributed by atoms with E-state index in [1.165, 1.54) is 6.92 Å². The van der Waals surface area contributed by atoms with Gasteiger partial charge in [0, 0.05) is 12.7 Å². The first-order valence-corrected chi connectivity index (χ1v) is 5.92. The summed E-state index contributed by atoms with van der Waals surface area (Å²) < 4.78 is 75.4. The molecule has 1 aromatic heterocycles. The van der Waals surface area contributed by atoms with Gasteiger partial charge in [0.05, 0.1) is 11.1 Å². The van der Waals surface area contributed by atoms with Crippen LogP contribution < -0.4 is 0 Å². The van der Waals surface area contributed by atoms with Gasteiger partial charge in [-0.25, -0.2) is 4.98 Å². The second kappa shape index (κ2) is 6.08. The second-order valence-electron chi connectivity index (χ2n) is 3.98. The van der Waals surface area contributed by atoms with Gasteiger partial charge in [0.2, 0.25) is 0 Å². The minimum absolute atomic E-state index is 0.250. The van der Waals surface area contributed by atoms with Gasteiger partial charge in [-0.2, -0.15) is 26.3 Å². The summed E-state index contributed by atoms with van der Waals surface area (Å²) in [6.07, 6.45) is -9.13. The molecule has 21 heavy (non-hydrogen) atoms. The first-order chi connectivity index (χ1) is 9.45. The molecule has 1 heterocycles. The number of hydrogen-bond donors (Lipinski definition) is 0. The lowest BCUT2D eigenvalue weighted by Crippen LogP contribution is -2.39. The number of pyridine rings is 1. The van der Waals surface area contributed by atoms with E-state index in [1.807, 2.05) is 0 Å². The maximum Gasteiger partial charge on any atom is 0.417 e. The quantitative estimate of drug-likeness (QED) is 0.622. The number of alkyl halides is 6. The van der Waals surface area contributed by atoms with Crippen molar-refractivity contribution in [2.24, 2.45) is 0 Å². The molecule has 0 aliphatic carbocycles. The van der Waals surface area contributed by atoms with Crippen LogP contribution >= 0.6 is 11.6 Å². The SMILES string of the molecule is CCN(CC(F)(F)F)C(=O)c1cnc(Cl)cc1C(F)(F)F. The molecule has 0 aliphatic rings. The summed E-state index contributed by atoms with van der Waals surface area (Å²) in [4.78, 5) is 15.4. The Morgan fingerprint density at radius 2 is 1.86 bits per heavy atom. The van der Waals surface area contributed by atoms with Gasteiger partial charge in [-0.1, -0.05) is 11.6 Å². The van der Waals surface area contributed by atoms with Gasteiger partial charge in [0.1, 0.15) is 11.7 Å². The molecule has 0 aromatic carbocycles. The summed E-state index contributed by atoms with van der Waals surface area (Å²) >= 11 is 5.33. The number of amides is 1. The van der Waals surface area contributed by atoms with E-state index in [0.717, 1.165) is 0 Å². The molecule has 0 spiro atoms. The molecule has 0 bridgehead atoms. The van der Waals surface area contributed by atoms with Crippen molar-refractivity contribution in [3.63, 3.8) is 0 Å². The molecule has 1 amide bonds. The molecule has 0 saturated heterocycles. The molecule has 0 N–H and O–H groups in total. The third-order valence-electron chi connectivity index (χ3n) is 2.45. The van der Waals surface area contributed by atoms with Crippen LogP contribution in [0.25, 0.3) is 0 Å². The molecule has 3 nitrogen and oxygen atoms in total. The van der Waals surface area contributed by atoms with E-state index in [4.69, 9.17) is 11.6 Å². The predicted octanol–water partition coefficient (Wildman–Crippen LogP) is 3.78. The van der Waals surface area contributed by atoms with Crippen LogP contribution in [0.5, 0.6) is 0 Å². The first-order valence-electron chi connectivity index (χ1n) is 5.54. The summed E-state index contributed by atoms with van der Waals surface area (Å²) in [7, 11) is 0. The number of nitrogens with zero attached hydrogens (tertiary/aromatic N) is 2. The lowest BCUT2D eigenvalue weighted by Gasteiger charge is -2.23. The number of rotatable bonds is 3. The Kier molecular flexibility index (Phi) is 5.08. The maximum atomic E-state index is 12.8. The van der Waals surface area contributed by atoms with Crippen molar-refractivity contribution < 1.29 is 31.1 Å². The Balaban J connectivity index is 3.23. The number of hydrogen-bond acceptors (Lipinski definition) is 2. The van der Waals surface area contributed by atoms with Gasteiger partial charge in [-0.15, -0.1) is 0 Å². The summed E-state index contributed by atoms with van der Waals surface area (Å²) in [5.74, 6) is -1.41. The van der Waals surface area contributed by atoms with Crippen LogP contribution in [0.2, 0.25) is 5.15 Å². The van der Waals surface area contributed by atoms with E-state index in [9.17, 15) is 31.1 Å². The minimum Gasteiger partial charge on any atom is -0.330 e. The monoisotopic (exact) mass is 334 g/mol. The molecule has 1 rings (SSSR count). The molecule has 0 aliphatic heterocycles. The van der Waals surface area contributed by atoms with Crippen LogP contribution in [0.15, 0.2) is 12.3 Å². The molecular weight excluding hydrogens is 326 g/mol. The summed E-state index contributed by atoms with van der Waals surface area (Å²) in [6.45, 7) is -0.833. The van der Waals surface area contributed by atoms with Gasteiger partial charge in [-0.05, 0) is 13.0 Å². The summed E-state index contributed by atoms with van der Waals surface area (Å²) in [5, 5.41) is -0.516. The Hall–Kier alpha value is -1.51. The largest absolute Gasteiger partial charge is 0.417 e. The number of halogens is 7. The van der Waals surface area contributed by atoms with Crippen molar-refractivity contribution in [1.82, 2.24) is 9.88 Å². The van der Waals surface area contributed by atoms with Gasteiger partial charge >= 0.3 is 12.4 Å². The van der Waals surface area contributed by atoms with E-state index in [0.29, 0.717) is 12.3 Å². The van der Waals surface area contributed by atoms with Gasteiger partial charge < -0.3 is 4.90 Å². The number of aromatic nitrogens is 1. The number of carbonyl (C=O) groups excluding carboxylic acids is 1. The van der Waals surface area contributed by atoms with Crippen LogP contribution in [-0.4, -0.2) is 35.1 Å². The van der Waals surface area contributed by atoms with Crippen molar-refractivity contribution in [2.75, 3.05) is 13.1 Å².